The van der Waals surface area contributed by atoms with E-state index in [1.165, 1.54) is 25.0 Å². The normalized spacial score (nSPS) is 16.4. The Morgan fingerprint density at radius 3 is 2.50 bits per heavy atom. The van der Waals surface area contributed by atoms with Crippen molar-refractivity contribution in [1.82, 2.24) is 14.9 Å². The maximum absolute atomic E-state index is 12.5. The Labute approximate surface area is 157 Å². The lowest BCUT2D eigenvalue weighted by molar-refractivity contribution is 0.0933. The zero-order valence-corrected chi connectivity index (χ0v) is 16.6. The van der Waals surface area contributed by atoms with Crippen molar-refractivity contribution in [2.45, 2.75) is 55.9 Å². The van der Waals surface area contributed by atoms with Gasteiger partial charge in [0, 0.05) is 18.2 Å². The fraction of sp³-hybridized carbons (Fsp3) is 0.632. The maximum atomic E-state index is 12.5. The van der Waals surface area contributed by atoms with Crippen LogP contribution in [0.1, 0.15) is 55.3 Å². The Kier molecular flexibility index (Phi) is 8.06. The third-order valence-electron chi connectivity index (χ3n) is 4.67. The molecule has 1 aromatic carbocycles. The van der Waals surface area contributed by atoms with Gasteiger partial charge >= 0.3 is 0 Å². The third-order valence-corrected chi connectivity index (χ3v) is 6.13. The van der Waals surface area contributed by atoms with Gasteiger partial charge in [0.25, 0.3) is 5.91 Å². The molecule has 1 aliphatic rings. The Bertz CT molecular complexity index is 681. The molecule has 1 aromatic rings. The lowest BCUT2D eigenvalue weighted by Crippen LogP contribution is -2.34. The summed E-state index contributed by atoms with van der Waals surface area (Å²) in [6.45, 7) is 1.19. The zero-order valence-electron chi connectivity index (χ0n) is 15.8. The number of nitrogens with one attached hydrogen (secondary N) is 2. The molecule has 0 aromatic heterocycles. The number of hydrogen-bond acceptors (Lipinski definition) is 4. The SMILES string of the molecule is CN(C)CCCNS(=O)(=O)c1cccc(C(=O)NC2CCCCCC2)c1. The Balaban J connectivity index is 1.98. The molecule has 2 N–H and O–H groups in total. The van der Waals surface area contributed by atoms with Crippen LogP contribution in [0.4, 0.5) is 0 Å². The van der Waals surface area contributed by atoms with Gasteiger partial charge in [-0.15, -0.1) is 0 Å². The van der Waals surface area contributed by atoms with Crippen LogP contribution in [0.15, 0.2) is 29.2 Å². The van der Waals surface area contributed by atoms with Crippen molar-refractivity contribution >= 4 is 15.9 Å². The van der Waals surface area contributed by atoms with E-state index in [4.69, 9.17) is 0 Å². The molecule has 0 atom stereocenters. The average molecular weight is 382 g/mol. The van der Waals surface area contributed by atoms with Crippen molar-refractivity contribution in [2.75, 3.05) is 27.2 Å². The number of nitrogens with zero attached hydrogens (tertiary/aromatic N) is 1. The summed E-state index contributed by atoms with van der Waals surface area (Å²) in [5.74, 6) is -0.193. The monoisotopic (exact) mass is 381 g/mol. The van der Waals surface area contributed by atoms with Crippen molar-refractivity contribution in [3.63, 3.8) is 0 Å². The molecule has 0 saturated heterocycles. The van der Waals surface area contributed by atoms with Gasteiger partial charge in [0.15, 0.2) is 0 Å². The molecular formula is C19H31N3O3S. The smallest absolute Gasteiger partial charge is 0.251 e. The van der Waals surface area contributed by atoms with Crippen LogP contribution >= 0.6 is 0 Å². The maximum Gasteiger partial charge on any atom is 0.251 e. The van der Waals surface area contributed by atoms with E-state index in [0.29, 0.717) is 12.1 Å². The second-order valence-electron chi connectivity index (χ2n) is 7.24. The molecule has 1 saturated carbocycles. The number of sulfonamides is 1. The lowest BCUT2D eigenvalue weighted by atomic mass is 10.1. The first kappa shape index (κ1) is 20.9. The number of rotatable bonds is 8. The molecule has 0 bridgehead atoms. The van der Waals surface area contributed by atoms with Gasteiger partial charge in [-0.3, -0.25) is 4.79 Å². The molecule has 0 aliphatic heterocycles. The van der Waals surface area contributed by atoms with Crippen molar-refractivity contribution in [1.29, 1.82) is 0 Å². The highest BCUT2D eigenvalue weighted by molar-refractivity contribution is 7.89. The quantitative estimate of drug-likeness (QED) is 0.535. The predicted octanol–water partition coefficient (Wildman–Crippen LogP) is 2.37. The van der Waals surface area contributed by atoms with Crippen LogP contribution in [-0.2, 0) is 10.0 Å². The second-order valence-corrected chi connectivity index (χ2v) is 9.01. The highest BCUT2D eigenvalue weighted by Crippen LogP contribution is 2.18. The number of hydrogen-bond donors (Lipinski definition) is 2. The molecule has 0 radical (unpaired) electrons. The molecule has 0 spiro atoms. The molecule has 0 heterocycles. The van der Waals surface area contributed by atoms with Crippen LogP contribution in [0.2, 0.25) is 0 Å². The molecule has 1 amide bonds. The van der Waals surface area contributed by atoms with Gasteiger partial charge in [0.05, 0.1) is 4.90 Å². The molecule has 26 heavy (non-hydrogen) atoms. The summed E-state index contributed by atoms with van der Waals surface area (Å²) in [5.41, 5.74) is 0.394. The van der Waals surface area contributed by atoms with E-state index in [-0.39, 0.29) is 16.8 Å². The number of benzene rings is 1. The van der Waals surface area contributed by atoms with Gasteiger partial charge in [-0.25, -0.2) is 13.1 Å². The van der Waals surface area contributed by atoms with Gasteiger partial charge in [-0.2, -0.15) is 0 Å². The van der Waals surface area contributed by atoms with Gasteiger partial charge in [0.2, 0.25) is 10.0 Å². The van der Waals surface area contributed by atoms with Gasteiger partial charge in [-0.05, 0) is 58.1 Å². The lowest BCUT2D eigenvalue weighted by Gasteiger charge is -2.16. The van der Waals surface area contributed by atoms with Crippen LogP contribution in [-0.4, -0.2) is 52.5 Å². The van der Waals surface area contributed by atoms with Crippen LogP contribution in [0, 0.1) is 0 Å². The molecule has 1 aliphatic carbocycles. The summed E-state index contributed by atoms with van der Waals surface area (Å²) in [7, 11) is 0.297. The molecule has 146 valence electrons. The number of carbonyl (C=O) groups excluding carboxylic acids is 1. The van der Waals surface area contributed by atoms with E-state index >= 15 is 0 Å². The summed E-state index contributed by atoms with van der Waals surface area (Å²) in [6.07, 6.45) is 7.44. The Hall–Kier alpha value is -1.44. The highest BCUT2D eigenvalue weighted by Gasteiger charge is 2.18. The van der Waals surface area contributed by atoms with E-state index in [9.17, 15) is 13.2 Å². The van der Waals surface area contributed by atoms with Crippen LogP contribution in [0.25, 0.3) is 0 Å². The number of carbonyl (C=O) groups is 1. The fourth-order valence-corrected chi connectivity index (χ4v) is 4.30. The first-order valence-electron chi connectivity index (χ1n) is 9.44. The van der Waals surface area contributed by atoms with Crippen molar-refractivity contribution in [2.24, 2.45) is 0 Å². The van der Waals surface area contributed by atoms with E-state index in [1.807, 2.05) is 19.0 Å². The topological polar surface area (TPSA) is 78.5 Å². The first-order chi connectivity index (χ1) is 12.4. The van der Waals surface area contributed by atoms with Gasteiger partial charge < -0.3 is 10.2 Å². The minimum atomic E-state index is -3.60. The van der Waals surface area contributed by atoms with Gasteiger partial charge in [-0.1, -0.05) is 31.7 Å². The summed E-state index contributed by atoms with van der Waals surface area (Å²) in [4.78, 5) is 14.6. The highest BCUT2D eigenvalue weighted by atomic mass is 32.2. The summed E-state index contributed by atoms with van der Waals surface area (Å²) < 4.78 is 27.5. The summed E-state index contributed by atoms with van der Waals surface area (Å²) in [5, 5.41) is 3.06. The minimum absolute atomic E-state index is 0.135. The van der Waals surface area contributed by atoms with Crippen LogP contribution in [0.5, 0.6) is 0 Å². The molecule has 6 nitrogen and oxygen atoms in total. The Morgan fingerprint density at radius 2 is 1.85 bits per heavy atom. The molecule has 1 fully saturated rings. The molecule has 2 rings (SSSR count). The average Bonchev–Trinajstić information content (AvgIpc) is 2.87. The van der Waals surface area contributed by atoms with Crippen LogP contribution < -0.4 is 10.0 Å². The van der Waals surface area contributed by atoms with Crippen molar-refractivity contribution < 1.29 is 13.2 Å². The molecule has 0 unspecified atom stereocenters. The third kappa shape index (κ3) is 6.70. The predicted molar refractivity (Wildman–Crippen MR) is 104 cm³/mol. The standard InChI is InChI=1S/C19H31N3O3S/c1-22(2)14-8-13-20-26(24,25)18-12-7-9-16(15-18)19(23)21-17-10-5-3-4-6-11-17/h7,9,12,15,17,20H,3-6,8,10-11,13-14H2,1-2H3,(H,21,23). The van der Waals surface area contributed by atoms with Crippen molar-refractivity contribution in [3.05, 3.63) is 29.8 Å². The van der Waals surface area contributed by atoms with E-state index in [0.717, 1.165) is 38.6 Å². The fourth-order valence-electron chi connectivity index (χ4n) is 3.18. The van der Waals surface area contributed by atoms with Gasteiger partial charge in [0.1, 0.15) is 0 Å². The first-order valence-corrected chi connectivity index (χ1v) is 10.9. The van der Waals surface area contributed by atoms with E-state index in [2.05, 4.69) is 10.0 Å². The largest absolute Gasteiger partial charge is 0.349 e. The van der Waals surface area contributed by atoms with E-state index in [1.54, 1.807) is 12.1 Å². The summed E-state index contributed by atoms with van der Waals surface area (Å²) >= 11 is 0. The molecular weight excluding hydrogens is 350 g/mol. The zero-order chi connectivity index (χ0) is 19.0. The number of amides is 1. The Morgan fingerprint density at radius 1 is 1.15 bits per heavy atom. The second kappa shape index (κ2) is 10.0. The summed E-state index contributed by atoms with van der Waals surface area (Å²) in [6, 6.07) is 6.46. The van der Waals surface area contributed by atoms with Crippen LogP contribution in [0.3, 0.4) is 0 Å². The molecule has 7 heteroatoms. The minimum Gasteiger partial charge on any atom is -0.349 e. The van der Waals surface area contributed by atoms with Crippen molar-refractivity contribution in [3.8, 4) is 0 Å². The van der Waals surface area contributed by atoms with E-state index < -0.39 is 10.0 Å².